The number of para-hydroxylation sites is 1. The second-order valence-corrected chi connectivity index (χ2v) is 5.95. The minimum atomic E-state index is -0.465. The highest BCUT2D eigenvalue weighted by molar-refractivity contribution is 6.36. The summed E-state index contributed by atoms with van der Waals surface area (Å²) in [6.07, 6.45) is 2.59. The molecule has 8 heteroatoms. The van der Waals surface area contributed by atoms with Crippen LogP contribution in [0.2, 0.25) is 10.0 Å². The fourth-order valence-corrected chi connectivity index (χ4v) is 2.34. The number of benzene rings is 2. The second kappa shape index (κ2) is 8.51. The lowest BCUT2D eigenvalue weighted by Gasteiger charge is -2.03. The van der Waals surface area contributed by atoms with Crippen molar-refractivity contribution >= 4 is 41.0 Å². The molecule has 2 aromatic carbocycles. The number of rotatable bonds is 6. The van der Waals surface area contributed by atoms with Crippen LogP contribution in [0.5, 0.6) is 0 Å². The normalized spacial score (nSPS) is 10.8. The van der Waals surface area contributed by atoms with Gasteiger partial charge in [-0.25, -0.2) is 4.98 Å². The van der Waals surface area contributed by atoms with Crippen LogP contribution in [0, 0.1) is 0 Å². The van der Waals surface area contributed by atoms with Crippen LogP contribution in [0.1, 0.15) is 5.89 Å². The summed E-state index contributed by atoms with van der Waals surface area (Å²) in [4.78, 5) is 20.9. The summed E-state index contributed by atoms with van der Waals surface area (Å²) in [5.74, 6) is 0.451. The lowest BCUT2D eigenvalue weighted by Crippen LogP contribution is -2.13. The van der Waals surface area contributed by atoms with Crippen molar-refractivity contribution in [3.05, 3.63) is 70.7 Å². The van der Waals surface area contributed by atoms with Gasteiger partial charge >= 0.3 is 0 Å². The molecule has 132 valence electrons. The van der Waals surface area contributed by atoms with Gasteiger partial charge in [0.2, 0.25) is 5.89 Å². The third-order valence-corrected chi connectivity index (χ3v) is 3.83. The Hall–Kier alpha value is -2.83. The van der Waals surface area contributed by atoms with Gasteiger partial charge in [-0.05, 0) is 36.4 Å². The summed E-state index contributed by atoms with van der Waals surface area (Å²) in [5, 5.41) is 7.25. The van der Waals surface area contributed by atoms with Crippen molar-refractivity contribution < 1.29 is 14.0 Å². The van der Waals surface area contributed by atoms with Gasteiger partial charge in [-0.3, -0.25) is 4.79 Å². The monoisotopic (exact) mass is 389 g/mol. The topological polar surface area (TPSA) is 76.7 Å². The predicted octanol–water partition coefficient (Wildman–Crippen LogP) is 4.79. The summed E-state index contributed by atoms with van der Waals surface area (Å²) < 4.78 is 5.56. The van der Waals surface area contributed by atoms with Crippen molar-refractivity contribution in [3.8, 4) is 11.3 Å². The van der Waals surface area contributed by atoms with Gasteiger partial charge in [0.1, 0.15) is 6.21 Å². The van der Waals surface area contributed by atoms with Crippen molar-refractivity contribution in [3.63, 3.8) is 0 Å². The van der Waals surface area contributed by atoms with Crippen molar-refractivity contribution in [1.29, 1.82) is 0 Å². The maximum Gasteiger partial charge on any atom is 0.270 e. The Balaban J connectivity index is 1.50. The average Bonchev–Trinajstić information content (AvgIpc) is 3.10. The molecule has 0 radical (unpaired) electrons. The van der Waals surface area contributed by atoms with Crippen LogP contribution >= 0.6 is 23.2 Å². The molecular formula is C18H13Cl2N3O3. The van der Waals surface area contributed by atoms with Crippen molar-refractivity contribution in [2.24, 2.45) is 5.16 Å². The van der Waals surface area contributed by atoms with Gasteiger partial charge in [0, 0.05) is 10.6 Å². The van der Waals surface area contributed by atoms with E-state index in [1.165, 1.54) is 0 Å². The van der Waals surface area contributed by atoms with Gasteiger partial charge in [0.25, 0.3) is 5.91 Å². The molecule has 0 unspecified atom stereocenters. The molecule has 0 atom stereocenters. The molecule has 0 aliphatic carbocycles. The van der Waals surface area contributed by atoms with E-state index in [9.17, 15) is 4.79 Å². The Bertz CT molecular complexity index is 923. The minimum Gasteiger partial charge on any atom is -0.437 e. The Morgan fingerprint density at radius 3 is 2.73 bits per heavy atom. The molecule has 0 saturated heterocycles. The number of nitrogens with one attached hydrogen (secondary N) is 1. The van der Waals surface area contributed by atoms with Crippen LogP contribution in [0.3, 0.4) is 0 Å². The van der Waals surface area contributed by atoms with Gasteiger partial charge < -0.3 is 14.6 Å². The number of aromatic nitrogens is 1. The highest BCUT2D eigenvalue weighted by Crippen LogP contribution is 2.22. The van der Waals surface area contributed by atoms with E-state index in [4.69, 9.17) is 32.5 Å². The molecule has 3 rings (SSSR count). The number of oxime groups is 1. The molecule has 26 heavy (non-hydrogen) atoms. The fourth-order valence-electron chi connectivity index (χ4n) is 2.03. The molecule has 0 aliphatic heterocycles. The zero-order valence-electron chi connectivity index (χ0n) is 13.4. The van der Waals surface area contributed by atoms with Crippen LogP contribution in [0.15, 0.2) is 64.3 Å². The highest BCUT2D eigenvalue weighted by Gasteiger charge is 2.07. The molecular weight excluding hydrogens is 377 g/mol. The van der Waals surface area contributed by atoms with Crippen molar-refractivity contribution in [1.82, 2.24) is 4.98 Å². The number of hydrogen-bond acceptors (Lipinski definition) is 5. The molecule has 1 amide bonds. The number of anilines is 1. The smallest absolute Gasteiger partial charge is 0.270 e. The standard InChI is InChI=1S/C18H13Cl2N3O3/c19-13-7-5-12(6-8-13)16-9-21-18(26-16)11-25-22-10-17(24)23-15-4-2-1-3-14(15)20/h1-10H,11H2,(H,23,24)/b22-10+. The zero-order valence-corrected chi connectivity index (χ0v) is 14.9. The molecule has 1 aromatic heterocycles. The SMILES string of the molecule is O=C(/C=N/OCc1ncc(-c2ccc(Cl)cc2)o1)Nc1ccccc1Cl. The lowest BCUT2D eigenvalue weighted by atomic mass is 10.2. The first-order valence-electron chi connectivity index (χ1n) is 7.53. The molecule has 1 heterocycles. The summed E-state index contributed by atoms with van der Waals surface area (Å²) in [6.45, 7) is -0.0105. The predicted molar refractivity (Wildman–Crippen MR) is 100 cm³/mol. The first-order chi connectivity index (χ1) is 12.6. The molecule has 0 saturated carbocycles. The number of carbonyl (C=O) groups is 1. The van der Waals surface area contributed by atoms with E-state index in [0.717, 1.165) is 11.8 Å². The second-order valence-electron chi connectivity index (χ2n) is 5.10. The van der Waals surface area contributed by atoms with Crippen LogP contribution in [-0.2, 0) is 16.2 Å². The Labute approximate surface area is 159 Å². The van der Waals surface area contributed by atoms with Crippen LogP contribution in [-0.4, -0.2) is 17.1 Å². The highest BCUT2D eigenvalue weighted by atomic mass is 35.5. The summed E-state index contributed by atoms with van der Waals surface area (Å²) in [7, 11) is 0. The van der Waals surface area contributed by atoms with Gasteiger partial charge in [-0.1, -0.05) is 40.5 Å². The van der Waals surface area contributed by atoms with E-state index in [-0.39, 0.29) is 6.61 Å². The number of hydrogen-bond donors (Lipinski definition) is 1. The van der Waals surface area contributed by atoms with Gasteiger partial charge in [-0.2, -0.15) is 0 Å². The molecule has 6 nitrogen and oxygen atoms in total. The van der Waals surface area contributed by atoms with Gasteiger partial charge in [0.15, 0.2) is 12.4 Å². The molecule has 0 fully saturated rings. The lowest BCUT2D eigenvalue weighted by molar-refractivity contribution is -0.110. The Kier molecular flexibility index (Phi) is 5.88. The van der Waals surface area contributed by atoms with Crippen molar-refractivity contribution in [2.45, 2.75) is 6.61 Å². The molecule has 3 aromatic rings. The number of amides is 1. The van der Waals surface area contributed by atoms with E-state index in [1.54, 1.807) is 42.6 Å². The first-order valence-corrected chi connectivity index (χ1v) is 8.29. The zero-order chi connectivity index (χ0) is 18.4. The van der Waals surface area contributed by atoms with E-state index in [1.807, 2.05) is 12.1 Å². The minimum absolute atomic E-state index is 0.0105. The molecule has 0 bridgehead atoms. The maximum atomic E-state index is 11.7. The number of oxazole rings is 1. The molecule has 0 aliphatic rings. The van der Waals surface area contributed by atoms with E-state index >= 15 is 0 Å². The van der Waals surface area contributed by atoms with Gasteiger partial charge in [-0.15, -0.1) is 0 Å². The van der Waals surface area contributed by atoms with E-state index < -0.39 is 5.91 Å². The largest absolute Gasteiger partial charge is 0.437 e. The maximum absolute atomic E-state index is 11.7. The van der Waals surface area contributed by atoms with E-state index in [2.05, 4.69) is 15.5 Å². The fraction of sp³-hybridized carbons (Fsp3) is 0.0556. The van der Waals surface area contributed by atoms with E-state index in [0.29, 0.717) is 27.4 Å². The summed E-state index contributed by atoms with van der Waals surface area (Å²) >= 11 is 11.8. The molecule has 1 N–H and O–H groups in total. The Morgan fingerprint density at radius 1 is 1.19 bits per heavy atom. The first kappa shape index (κ1) is 18.0. The van der Waals surface area contributed by atoms with Crippen LogP contribution in [0.4, 0.5) is 5.69 Å². The van der Waals surface area contributed by atoms with Crippen molar-refractivity contribution in [2.75, 3.05) is 5.32 Å². The average molecular weight is 390 g/mol. The van der Waals surface area contributed by atoms with Crippen LogP contribution in [0.25, 0.3) is 11.3 Å². The summed E-state index contributed by atoms with van der Waals surface area (Å²) in [5.41, 5.74) is 1.33. The Morgan fingerprint density at radius 2 is 1.96 bits per heavy atom. The third-order valence-electron chi connectivity index (χ3n) is 3.25. The quantitative estimate of drug-likeness (QED) is 0.485. The number of carbonyl (C=O) groups excluding carboxylic acids is 1. The molecule has 0 spiro atoms. The van der Waals surface area contributed by atoms with Gasteiger partial charge in [0.05, 0.1) is 16.9 Å². The number of halogens is 2. The third kappa shape index (κ3) is 4.84. The summed E-state index contributed by atoms with van der Waals surface area (Å²) in [6, 6.07) is 14.1. The number of nitrogens with zero attached hydrogens (tertiary/aromatic N) is 2. The van der Waals surface area contributed by atoms with Crippen LogP contribution < -0.4 is 5.32 Å².